The first-order chi connectivity index (χ1) is 9.07. The fourth-order valence-corrected chi connectivity index (χ4v) is 4.30. The molecule has 0 aromatic rings. The third-order valence-corrected chi connectivity index (χ3v) is 5.66. The Morgan fingerprint density at radius 3 is 2.84 bits per heavy atom. The Hall–Kier alpha value is -0.570. The monoisotopic (exact) mass is 264 g/mol. The molecule has 3 fully saturated rings. The highest BCUT2D eigenvalue weighted by Crippen LogP contribution is 2.38. The second-order valence-electron chi connectivity index (χ2n) is 7.58. The van der Waals surface area contributed by atoms with Crippen LogP contribution < -0.4 is 5.32 Å². The van der Waals surface area contributed by atoms with Gasteiger partial charge in [0.1, 0.15) is 0 Å². The number of fused-ring (bicyclic) bond motifs is 1. The lowest BCUT2D eigenvalue weighted by Crippen LogP contribution is -2.46. The van der Waals surface area contributed by atoms with Gasteiger partial charge in [0.2, 0.25) is 5.91 Å². The zero-order valence-corrected chi connectivity index (χ0v) is 12.5. The molecule has 1 N–H and O–H groups in total. The molecule has 108 valence electrons. The molecular formula is C16H28N2O. The van der Waals surface area contributed by atoms with Crippen LogP contribution in [0.1, 0.15) is 52.4 Å². The minimum atomic E-state index is 0.133. The van der Waals surface area contributed by atoms with Gasteiger partial charge in [-0.2, -0.15) is 0 Å². The molecule has 0 spiro atoms. The number of hydrogen-bond acceptors (Lipinski definition) is 2. The number of likely N-dealkylation sites (tertiary alicyclic amines) is 1. The van der Waals surface area contributed by atoms with Crippen molar-refractivity contribution in [1.29, 1.82) is 0 Å². The maximum Gasteiger partial charge on any atom is 0.240 e. The van der Waals surface area contributed by atoms with E-state index in [0.29, 0.717) is 17.2 Å². The minimum absolute atomic E-state index is 0.133. The number of carbonyl (C=O) groups is 1. The van der Waals surface area contributed by atoms with E-state index >= 15 is 0 Å². The third kappa shape index (κ3) is 2.67. The molecular weight excluding hydrogens is 236 g/mol. The Bertz CT molecular complexity index is 353. The lowest BCUT2D eigenvalue weighted by molar-refractivity contribution is -0.134. The van der Waals surface area contributed by atoms with E-state index in [1.54, 1.807) is 0 Å². The zero-order valence-electron chi connectivity index (χ0n) is 12.5. The van der Waals surface area contributed by atoms with E-state index in [4.69, 9.17) is 0 Å². The van der Waals surface area contributed by atoms with E-state index in [1.165, 1.54) is 32.1 Å². The largest absolute Gasteiger partial charge is 0.341 e. The van der Waals surface area contributed by atoms with Crippen molar-refractivity contribution in [2.75, 3.05) is 19.6 Å². The van der Waals surface area contributed by atoms with Crippen LogP contribution in [0.3, 0.4) is 0 Å². The molecule has 3 nitrogen and oxygen atoms in total. The molecule has 0 aromatic heterocycles. The van der Waals surface area contributed by atoms with Crippen molar-refractivity contribution in [3.05, 3.63) is 0 Å². The topological polar surface area (TPSA) is 32.3 Å². The standard InChI is InChI=1S/C16H28N2O/c1-16(2)7-4-9-18(10-8-16)15(19)14-13-6-3-5-12(13)11-17-14/h12-14,17H,3-11H2,1-2H3. The Labute approximate surface area is 117 Å². The SMILES string of the molecule is CC1(C)CCCN(C(=O)C2NCC3CCCC32)CC1. The summed E-state index contributed by atoms with van der Waals surface area (Å²) in [4.78, 5) is 14.9. The van der Waals surface area contributed by atoms with Crippen LogP contribution in [0.5, 0.6) is 0 Å². The maximum absolute atomic E-state index is 12.8. The highest BCUT2D eigenvalue weighted by atomic mass is 16.2. The molecule has 3 aliphatic rings. The van der Waals surface area contributed by atoms with E-state index in [9.17, 15) is 4.79 Å². The van der Waals surface area contributed by atoms with Crippen LogP contribution in [0.2, 0.25) is 0 Å². The van der Waals surface area contributed by atoms with Crippen molar-refractivity contribution >= 4 is 5.91 Å². The summed E-state index contributed by atoms with van der Waals surface area (Å²) < 4.78 is 0. The van der Waals surface area contributed by atoms with Gasteiger partial charge in [-0.15, -0.1) is 0 Å². The number of amides is 1. The third-order valence-electron chi connectivity index (χ3n) is 5.66. The average Bonchev–Trinajstić information content (AvgIpc) is 2.90. The molecule has 3 rings (SSSR count). The van der Waals surface area contributed by atoms with Gasteiger partial charge in [0.25, 0.3) is 0 Å². The van der Waals surface area contributed by atoms with Crippen molar-refractivity contribution < 1.29 is 4.79 Å². The fraction of sp³-hybridized carbons (Fsp3) is 0.938. The van der Waals surface area contributed by atoms with Crippen molar-refractivity contribution in [1.82, 2.24) is 10.2 Å². The van der Waals surface area contributed by atoms with Crippen LogP contribution in [-0.4, -0.2) is 36.5 Å². The summed E-state index contributed by atoms with van der Waals surface area (Å²) in [5.41, 5.74) is 0.411. The van der Waals surface area contributed by atoms with Crippen molar-refractivity contribution in [3.8, 4) is 0 Å². The van der Waals surface area contributed by atoms with Gasteiger partial charge in [-0.05, 0) is 55.9 Å². The van der Waals surface area contributed by atoms with Crippen LogP contribution in [0, 0.1) is 17.3 Å². The van der Waals surface area contributed by atoms with E-state index in [2.05, 4.69) is 24.1 Å². The smallest absolute Gasteiger partial charge is 0.240 e. The van der Waals surface area contributed by atoms with Crippen molar-refractivity contribution in [2.45, 2.75) is 58.4 Å². The predicted octanol–water partition coefficient (Wildman–Crippen LogP) is 2.41. The molecule has 0 aromatic carbocycles. The molecule has 19 heavy (non-hydrogen) atoms. The van der Waals surface area contributed by atoms with Crippen molar-refractivity contribution in [2.24, 2.45) is 17.3 Å². The Balaban J connectivity index is 1.64. The summed E-state index contributed by atoms with van der Waals surface area (Å²) in [7, 11) is 0. The molecule has 0 bridgehead atoms. The summed E-state index contributed by atoms with van der Waals surface area (Å²) in [6.07, 6.45) is 7.48. The summed E-state index contributed by atoms with van der Waals surface area (Å²) in [5.74, 6) is 1.80. The average molecular weight is 264 g/mol. The van der Waals surface area contributed by atoms with Crippen LogP contribution in [0.25, 0.3) is 0 Å². The number of hydrogen-bond donors (Lipinski definition) is 1. The first-order valence-electron chi connectivity index (χ1n) is 8.09. The zero-order chi connectivity index (χ0) is 13.5. The molecule has 2 heterocycles. The second kappa shape index (κ2) is 5.08. The van der Waals surface area contributed by atoms with E-state index in [-0.39, 0.29) is 6.04 Å². The molecule has 3 atom stereocenters. The summed E-state index contributed by atoms with van der Waals surface area (Å²) in [6.45, 7) is 7.67. The van der Waals surface area contributed by atoms with Gasteiger partial charge in [-0.25, -0.2) is 0 Å². The quantitative estimate of drug-likeness (QED) is 0.789. The Morgan fingerprint density at radius 1 is 1.16 bits per heavy atom. The molecule has 1 saturated carbocycles. The minimum Gasteiger partial charge on any atom is -0.341 e. The molecule has 2 aliphatic heterocycles. The van der Waals surface area contributed by atoms with Crippen LogP contribution >= 0.6 is 0 Å². The van der Waals surface area contributed by atoms with E-state index < -0.39 is 0 Å². The predicted molar refractivity (Wildman–Crippen MR) is 76.8 cm³/mol. The van der Waals surface area contributed by atoms with Gasteiger partial charge < -0.3 is 10.2 Å². The number of nitrogens with zero attached hydrogens (tertiary/aromatic N) is 1. The summed E-state index contributed by atoms with van der Waals surface area (Å²) >= 11 is 0. The number of carbonyl (C=O) groups excluding carboxylic acids is 1. The second-order valence-corrected chi connectivity index (χ2v) is 7.58. The van der Waals surface area contributed by atoms with E-state index in [1.807, 2.05) is 0 Å². The summed E-state index contributed by atoms with van der Waals surface area (Å²) in [6, 6.07) is 0.133. The van der Waals surface area contributed by atoms with Crippen LogP contribution in [0.4, 0.5) is 0 Å². The Morgan fingerprint density at radius 2 is 2.00 bits per heavy atom. The molecule has 1 aliphatic carbocycles. The van der Waals surface area contributed by atoms with Crippen LogP contribution in [-0.2, 0) is 4.79 Å². The first-order valence-corrected chi connectivity index (χ1v) is 8.09. The lowest BCUT2D eigenvalue weighted by atomic mass is 9.85. The molecule has 2 saturated heterocycles. The summed E-state index contributed by atoms with van der Waals surface area (Å²) in [5, 5.41) is 3.51. The first kappa shape index (κ1) is 13.4. The normalized spacial score (nSPS) is 38.0. The van der Waals surface area contributed by atoms with Crippen LogP contribution in [0.15, 0.2) is 0 Å². The van der Waals surface area contributed by atoms with Gasteiger partial charge in [0.05, 0.1) is 6.04 Å². The van der Waals surface area contributed by atoms with Gasteiger partial charge >= 0.3 is 0 Å². The Kier molecular flexibility index (Phi) is 3.59. The maximum atomic E-state index is 12.8. The van der Waals surface area contributed by atoms with Gasteiger partial charge in [-0.3, -0.25) is 4.79 Å². The molecule has 0 radical (unpaired) electrons. The lowest BCUT2D eigenvalue weighted by Gasteiger charge is -2.27. The molecule has 1 amide bonds. The fourth-order valence-electron chi connectivity index (χ4n) is 4.30. The number of nitrogens with one attached hydrogen (secondary N) is 1. The highest BCUT2D eigenvalue weighted by molar-refractivity contribution is 5.82. The highest BCUT2D eigenvalue weighted by Gasteiger charge is 2.44. The molecule has 3 heteroatoms. The number of rotatable bonds is 1. The van der Waals surface area contributed by atoms with Gasteiger partial charge in [0, 0.05) is 13.1 Å². The molecule has 3 unspecified atom stereocenters. The van der Waals surface area contributed by atoms with Crippen molar-refractivity contribution in [3.63, 3.8) is 0 Å². The van der Waals surface area contributed by atoms with E-state index in [0.717, 1.165) is 32.0 Å². The van der Waals surface area contributed by atoms with Gasteiger partial charge in [0.15, 0.2) is 0 Å². The van der Waals surface area contributed by atoms with Gasteiger partial charge in [-0.1, -0.05) is 20.3 Å².